The van der Waals surface area contributed by atoms with Crippen molar-refractivity contribution in [2.24, 2.45) is 11.8 Å². The van der Waals surface area contributed by atoms with Crippen LogP contribution in [0.25, 0.3) is 0 Å². The highest BCUT2D eigenvalue weighted by Gasteiger charge is 2.02. The van der Waals surface area contributed by atoms with Crippen molar-refractivity contribution in [2.75, 3.05) is 6.54 Å². The van der Waals surface area contributed by atoms with Gasteiger partial charge in [-0.2, -0.15) is 0 Å². The Hall–Kier alpha value is -0.0800. The lowest BCUT2D eigenvalue weighted by Crippen LogP contribution is -2.24. The summed E-state index contributed by atoms with van der Waals surface area (Å²) >= 11 is 0. The van der Waals surface area contributed by atoms with Crippen LogP contribution in [0.2, 0.25) is 0 Å². The molecular weight excluding hydrogens is 126 g/mol. The van der Waals surface area contributed by atoms with Crippen molar-refractivity contribution in [1.29, 1.82) is 0 Å². The maximum atomic E-state index is 5.18. The fraction of sp³-hybridized carbons (Fsp3) is 1.00. The van der Waals surface area contributed by atoms with E-state index < -0.39 is 0 Å². The molecule has 0 heterocycles. The molecule has 0 aromatic heterocycles. The van der Waals surface area contributed by atoms with E-state index in [1.165, 1.54) is 25.7 Å². The number of nitrogens with two attached hydrogens (primary N) is 1. The van der Waals surface area contributed by atoms with Crippen molar-refractivity contribution >= 4 is 0 Å². The van der Waals surface area contributed by atoms with Crippen molar-refractivity contribution in [1.82, 2.24) is 5.43 Å². The first-order valence-corrected chi connectivity index (χ1v) is 4.28. The van der Waals surface area contributed by atoms with E-state index in [0.29, 0.717) is 0 Å². The van der Waals surface area contributed by atoms with Crippen LogP contribution in [0.15, 0.2) is 0 Å². The second kappa shape index (κ2) is 7.03. The van der Waals surface area contributed by atoms with Crippen LogP contribution in [0.5, 0.6) is 0 Å². The van der Waals surface area contributed by atoms with E-state index in [9.17, 15) is 0 Å². The highest BCUT2D eigenvalue weighted by molar-refractivity contribution is 4.56. The van der Waals surface area contributed by atoms with Gasteiger partial charge in [-0.15, -0.1) is 0 Å². The van der Waals surface area contributed by atoms with Gasteiger partial charge in [0.2, 0.25) is 0 Å². The van der Waals surface area contributed by atoms with Gasteiger partial charge in [-0.3, -0.25) is 11.3 Å². The number of hydrogen-bond donors (Lipinski definition) is 2. The monoisotopic (exact) mass is 146 g/mol. The van der Waals surface area contributed by atoms with Crippen LogP contribution in [0.3, 0.4) is 0 Å². The summed E-state index contributed by atoms with van der Waals surface area (Å²) in [6.45, 7) is 5.44. The third-order valence-electron chi connectivity index (χ3n) is 1.97. The molecule has 3 N–H and O–H groups in total. The molecule has 2 heteroatoms. The quantitative estimate of drug-likeness (QED) is 0.442. The number of hydrogen-bond acceptors (Lipinski definition) is 2. The zero-order valence-corrected chi connectivity index (χ0v) is 7.19. The molecule has 0 rings (SSSR count). The van der Waals surface area contributed by atoms with Crippen molar-refractivity contribution in [3.63, 3.8) is 0 Å². The Kier molecular flexibility index (Phi) is 6.98. The highest BCUT2D eigenvalue weighted by atomic mass is 16.6. The van der Waals surface area contributed by atoms with Crippen molar-refractivity contribution in [3.8, 4) is 0 Å². The van der Waals surface area contributed by atoms with Gasteiger partial charge in [-0.25, -0.2) is 0 Å². The molecule has 0 amide bonds. The first kappa shape index (κ1) is 9.92. The molecule has 0 saturated carbocycles. The molecule has 0 aromatic carbocycles. The molecule has 0 aliphatic heterocycles. The average molecular weight is 146 g/mol. The Morgan fingerprint density at radius 1 is 1.30 bits per heavy atom. The van der Waals surface area contributed by atoms with E-state index in [1.54, 1.807) is 0 Å². The second-order valence-electron chi connectivity index (χ2n) is 2.81. The highest BCUT2D eigenvalue weighted by Crippen LogP contribution is 2.13. The van der Waals surface area contributed by atoms with Crippen LogP contribution in [-0.4, -0.2) is 6.54 Å². The molecule has 1 atom stereocenters. The molecule has 2 nitrogen and oxygen atoms in total. The summed E-state index contributed by atoms with van der Waals surface area (Å²) in [5.74, 6) is 6.05. The molecule has 0 bridgehead atoms. The summed E-state index contributed by atoms with van der Waals surface area (Å²) in [4.78, 5) is 0. The van der Waals surface area contributed by atoms with E-state index in [4.69, 9.17) is 5.84 Å². The summed E-state index contributed by atoms with van der Waals surface area (Å²) < 4.78 is 0. The summed E-state index contributed by atoms with van der Waals surface area (Å²) in [5.41, 5.74) is 2.69. The molecule has 0 aliphatic rings. The van der Waals surface area contributed by atoms with Gasteiger partial charge in [-0.05, 0) is 12.3 Å². The zero-order chi connectivity index (χ0) is 7.82. The lowest BCUT2D eigenvalue weighted by Gasteiger charge is -2.12. The molecule has 10 heavy (non-hydrogen) atoms. The van der Waals surface area contributed by atoms with E-state index in [0.717, 1.165) is 12.5 Å². The molecule has 0 fully saturated rings. The fourth-order valence-electron chi connectivity index (χ4n) is 1.25. The lowest BCUT2D eigenvalue weighted by atomic mass is 9.98. The minimum Gasteiger partial charge on any atom is -0.271 e. The third-order valence-corrected chi connectivity index (χ3v) is 1.97. The van der Waals surface area contributed by atoms with Crippen LogP contribution in [0.1, 0.15) is 39.5 Å². The molecule has 1 unspecified atom stereocenters. The Bertz CT molecular complexity index is 64.3. The minimum absolute atomic E-state index is 0.876. The van der Waals surface area contributed by atoms with E-state index in [1.807, 2.05) is 0 Å². The van der Waals surface area contributed by atoms with Crippen LogP contribution in [0.4, 0.5) is 0 Å². The molecule has 0 radical (unpaired) electrons. The molecule has 0 aliphatic carbocycles. The van der Waals surface area contributed by atoms with E-state index >= 15 is 0 Å². The first-order valence-electron chi connectivity index (χ1n) is 4.28. The first-order chi connectivity index (χ1) is 4.85. The van der Waals surface area contributed by atoms with Crippen LogP contribution in [-0.2, 0) is 0 Å². The van der Waals surface area contributed by atoms with Gasteiger partial charge in [0.1, 0.15) is 0 Å². The maximum absolute atomic E-state index is 5.18. The molecular formula is C8H20N2. The number of nitrogens with one attached hydrogen (secondary N) is 1. The normalized spacial score (nSPS) is 13.5. The molecule has 0 aromatic rings. The Morgan fingerprint density at radius 3 is 2.40 bits per heavy atom. The minimum atomic E-state index is 0.876. The number of rotatable bonds is 6. The summed E-state index contributed by atoms with van der Waals surface area (Å²) in [5, 5.41) is 0. The smallest absolute Gasteiger partial charge is 0.01000 e. The van der Waals surface area contributed by atoms with Crippen molar-refractivity contribution in [3.05, 3.63) is 0 Å². The zero-order valence-electron chi connectivity index (χ0n) is 7.19. The summed E-state index contributed by atoms with van der Waals surface area (Å²) in [6.07, 6.45) is 5.15. The predicted molar refractivity (Wildman–Crippen MR) is 45.5 cm³/mol. The fourth-order valence-corrected chi connectivity index (χ4v) is 1.25. The number of hydrazine groups is 1. The SMILES string of the molecule is CCCC(CC)CC[16NH]N. The lowest BCUT2D eigenvalue weighted by molar-refractivity contribution is 0.421. The molecule has 0 spiro atoms. The second-order valence-corrected chi connectivity index (χ2v) is 2.81. The van der Waals surface area contributed by atoms with Crippen LogP contribution < -0.4 is 11.3 Å². The standard InChI is InChI=1S/C8H20N2/c1-3-5-8(4-2)6-7-10-9/h8,10H,3-7,9H2,1-2H3/i10+2. The molecule has 0 saturated heterocycles. The van der Waals surface area contributed by atoms with Gasteiger partial charge < -0.3 is 0 Å². The average Bonchev–Trinajstić information content (AvgIpc) is 1.98. The summed E-state index contributed by atoms with van der Waals surface area (Å²) in [6, 6.07) is 0. The Balaban J connectivity index is 3.21. The maximum Gasteiger partial charge on any atom is 0.01000 e. The topological polar surface area (TPSA) is 38.0 Å². The van der Waals surface area contributed by atoms with Crippen LogP contribution in [0, 0.1) is 5.92 Å². The van der Waals surface area contributed by atoms with Gasteiger partial charge in [0.25, 0.3) is 0 Å². The summed E-state index contributed by atoms with van der Waals surface area (Å²) in [7, 11) is 0. The van der Waals surface area contributed by atoms with E-state index in [-0.39, 0.29) is 0 Å². The Labute approximate surface area is 64.2 Å². The van der Waals surface area contributed by atoms with Crippen molar-refractivity contribution in [2.45, 2.75) is 39.5 Å². The van der Waals surface area contributed by atoms with Gasteiger partial charge in [0.05, 0.1) is 0 Å². The van der Waals surface area contributed by atoms with E-state index in [2.05, 4.69) is 19.3 Å². The van der Waals surface area contributed by atoms with Crippen LogP contribution >= 0.6 is 0 Å². The van der Waals surface area contributed by atoms with Gasteiger partial charge >= 0.3 is 0 Å². The van der Waals surface area contributed by atoms with Crippen molar-refractivity contribution < 1.29 is 0 Å². The van der Waals surface area contributed by atoms with Gasteiger partial charge in [-0.1, -0.05) is 33.1 Å². The predicted octanol–water partition coefficient (Wildman–Crippen LogP) is 1.67. The van der Waals surface area contributed by atoms with Gasteiger partial charge in [0.15, 0.2) is 0 Å². The molecule has 62 valence electrons. The van der Waals surface area contributed by atoms with Gasteiger partial charge in [0, 0.05) is 6.54 Å². The third kappa shape index (κ3) is 4.77. The largest absolute Gasteiger partial charge is 0.271 e. The Morgan fingerprint density at radius 2 is 2.00 bits per heavy atom.